The summed E-state index contributed by atoms with van der Waals surface area (Å²) in [6.45, 7) is 4.15. The van der Waals surface area contributed by atoms with Gasteiger partial charge in [0.25, 0.3) is 0 Å². The molecule has 0 bridgehead atoms. The number of thioether (sulfide) groups is 1. The molecule has 1 aromatic heterocycles. The summed E-state index contributed by atoms with van der Waals surface area (Å²) in [5, 5.41) is 11.9. The second kappa shape index (κ2) is 9.38. The fraction of sp³-hybridized carbons (Fsp3) is 0.238. The van der Waals surface area contributed by atoms with Crippen molar-refractivity contribution >= 4 is 29.1 Å². The lowest BCUT2D eigenvalue weighted by molar-refractivity contribution is -0.114. The molecule has 3 rings (SSSR count). The number of benzene rings is 2. The number of nitrogens with one attached hydrogen (secondary N) is 1. The molecule has 0 saturated heterocycles. The Bertz CT molecular complexity index is 998. The Kier molecular flexibility index (Phi) is 6.66. The largest absolute Gasteiger partial charge is 0.497 e. The van der Waals surface area contributed by atoms with Gasteiger partial charge in [0.05, 0.1) is 12.9 Å². The van der Waals surface area contributed by atoms with Crippen LogP contribution >= 0.6 is 11.8 Å². The summed E-state index contributed by atoms with van der Waals surface area (Å²) in [5.41, 5.74) is 2.19. The zero-order valence-corrected chi connectivity index (χ0v) is 17.3. The number of amides is 1. The van der Waals surface area contributed by atoms with Crippen molar-refractivity contribution in [3.8, 4) is 17.1 Å². The minimum absolute atomic E-state index is 0.0129. The smallest absolute Gasteiger partial charge is 0.221 e. The van der Waals surface area contributed by atoms with E-state index in [2.05, 4.69) is 15.5 Å². The summed E-state index contributed by atoms with van der Waals surface area (Å²) in [4.78, 5) is 23.6. The van der Waals surface area contributed by atoms with Crippen LogP contribution in [0.4, 0.5) is 5.69 Å². The Labute approximate surface area is 173 Å². The third-order valence-corrected chi connectivity index (χ3v) is 5.21. The Morgan fingerprint density at radius 1 is 1.07 bits per heavy atom. The van der Waals surface area contributed by atoms with Crippen molar-refractivity contribution in [1.29, 1.82) is 0 Å². The van der Waals surface area contributed by atoms with Crippen LogP contribution in [0.3, 0.4) is 0 Å². The highest BCUT2D eigenvalue weighted by molar-refractivity contribution is 7.99. The normalized spacial score (nSPS) is 10.6. The molecule has 0 atom stereocenters. The van der Waals surface area contributed by atoms with Crippen molar-refractivity contribution in [2.75, 3.05) is 18.2 Å². The number of carbonyl (C=O) groups is 2. The maximum absolute atomic E-state index is 12.5. The molecule has 0 fully saturated rings. The molecule has 29 heavy (non-hydrogen) atoms. The van der Waals surface area contributed by atoms with Gasteiger partial charge in [0.1, 0.15) is 5.75 Å². The summed E-state index contributed by atoms with van der Waals surface area (Å²) >= 11 is 1.36. The molecule has 0 spiro atoms. The molecule has 8 heteroatoms. The van der Waals surface area contributed by atoms with Crippen molar-refractivity contribution in [2.45, 2.75) is 25.5 Å². The van der Waals surface area contributed by atoms with Crippen LogP contribution in [0.2, 0.25) is 0 Å². The molecule has 2 aromatic carbocycles. The number of Topliss-reactive ketones (excluding diaryl/α,β-unsaturated/α-hetero) is 1. The van der Waals surface area contributed by atoms with Gasteiger partial charge in [-0.25, -0.2) is 0 Å². The molecule has 7 nitrogen and oxygen atoms in total. The molecular formula is C21H22N4O3S. The number of hydrogen-bond acceptors (Lipinski definition) is 6. The van der Waals surface area contributed by atoms with Gasteiger partial charge in [-0.05, 0) is 55.5 Å². The number of hydrogen-bond donors (Lipinski definition) is 1. The maximum Gasteiger partial charge on any atom is 0.221 e. The van der Waals surface area contributed by atoms with Gasteiger partial charge in [0, 0.05) is 30.3 Å². The Morgan fingerprint density at radius 3 is 2.34 bits per heavy atom. The summed E-state index contributed by atoms with van der Waals surface area (Å²) in [5.74, 6) is 1.62. The van der Waals surface area contributed by atoms with Gasteiger partial charge in [0.2, 0.25) is 5.91 Å². The Morgan fingerprint density at radius 2 is 1.76 bits per heavy atom. The Balaban J connectivity index is 1.69. The Hall–Kier alpha value is -3.13. The number of carbonyl (C=O) groups excluding carboxylic acids is 2. The minimum atomic E-state index is -0.147. The average molecular weight is 410 g/mol. The molecule has 0 saturated carbocycles. The van der Waals surface area contributed by atoms with Crippen LogP contribution in [-0.4, -0.2) is 39.3 Å². The maximum atomic E-state index is 12.5. The van der Waals surface area contributed by atoms with E-state index in [-0.39, 0.29) is 17.4 Å². The summed E-state index contributed by atoms with van der Waals surface area (Å²) < 4.78 is 7.18. The minimum Gasteiger partial charge on any atom is -0.497 e. The fourth-order valence-electron chi connectivity index (χ4n) is 2.79. The molecule has 0 aliphatic carbocycles. The molecule has 0 unspecified atom stereocenters. The van der Waals surface area contributed by atoms with Gasteiger partial charge in [-0.2, -0.15) is 0 Å². The highest BCUT2D eigenvalue weighted by Crippen LogP contribution is 2.26. The fourth-order valence-corrected chi connectivity index (χ4v) is 3.69. The third kappa shape index (κ3) is 5.03. The first-order chi connectivity index (χ1) is 14.0. The highest BCUT2D eigenvalue weighted by atomic mass is 32.2. The van der Waals surface area contributed by atoms with Crippen LogP contribution in [0.15, 0.2) is 53.7 Å². The second-order valence-electron chi connectivity index (χ2n) is 6.25. The van der Waals surface area contributed by atoms with E-state index < -0.39 is 0 Å². The van der Waals surface area contributed by atoms with E-state index in [9.17, 15) is 9.59 Å². The number of aromatic nitrogens is 3. The monoisotopic (exact) mass is 410 g/mol. The summed E-state index contributed by atoms with van der Waals surface area (Å²) in [6.07, 6.45) is 0. The molecular weight excluding hydrogens is 388 g/mol. The number of methoxy groups -OCH3 is 1. The number of anilines is 1. The van der Waals surface area contributed by atoms with E-state index >= 15 is 0 Å². The topological polar surface area (TPSA) is 86.1 Å². The predicted molar refractivity (Wildman–Crippen MR) is 113 cm³/mol. The van der Waals surface area contributed by atoms with E-state index in [0.29, 0.717) is 23.0 Å². The molecule has 1 amide bonds. The van der Waals surface area contributed by atoms with Crippen LogP contribution < -0.4 is 10.1 Å². The van der Waals surface area contributed by atoms with Crippen molar-refractivity contribution in [3.05, 3.63) is 54.1 Å². The molecule has 1 heterocycles. The first-order valence-electron chi connectivity index (χ1n) is 9.13. The highest BCUT2D eigenvalue weighted by Gasteiger charge is 2.15. The van der Waals surface area contributed by atoms with Gasteiger partial charge in [-0.1, -0.05) is 11.8 Å². The lowest BCUT2D eigenvalue weighted by Crippen LogP contribution is -2.07. The average Bonchev–Trinajstić information content (AvgIpc) is 3.15. The van der Waals surface area contributed by atoms with Crippen molar-refractivity contribution in [1.82, 2.24) is 14.8 Å². The molecule has 0 aliphatic heterocycles. The zero-order chi connectivity index (χ0) is 20.8. The quantitative estimate of drug-likeness (QED) is 0.448. The summed E-state index contributed by atoms with van der Waals surface area (Å²) in [7, 11) is 1.63. The number of ether oxygens (including phenoxy) is 1. The van der Waals surface area contributed by atoms with E-state index in [0.717, 1.165) is 17.1 Å². The van der Waals surface area contributed by atoms with Gasteiger partial charge in [-0.15, -0.1) is 10.2 Å². The molecule has 0 aliphatic rings. The van der Waals surface area contributed by atoms with E-state index in [1.54, 1.807) is 31.4 Å². The number of nitrogens with zero attached hydrogens (tertiary/aromatic N) is 3. The van der Waals surface area contributed by atoms with Gasteiger partial charge in [0.15, 0.2) is 16.8 Å². The van der Waals surface area contributed by atoms with Crippen molar-refractivity contribution in [3.63, 3.8) is 0 Å². The third-order valence-electron chi connectivity index (χ3n) is 4.24. The van der Waals surface area contributed by atoms with E-state index in [1.165, 1.54) is 18.7 Å². The second-order valence-corrected chi connectivity index (χ2v) is 7.19. The van der Waals surface area contributed by atoms with Crippen LogP contribution in [-0.2, 0) is 11.3 Å². The standard InChI is InChI=1S/C21H22N4O3S/c1-4-25-20(16-7-11-18(28-3)12-8-16)23-24-21(25)29-13-19(27)15-5-9-17(10-6-15)22-14(2)26/h5-12H,4,13H2,1-3H3,(H,22,26). The van der Waals surface area contributed by atoms with Crippen LogP contribution in [0.1, 0.15) is 24.2 Å². The van der Waals surface area contributed by atoms with Crippen molar-refractivity contribution in [2.24, 2.45) is 0 Å². The van der Waals surface area contributed by atoms with E-state index in [1.807, 2.05) is 35.8 Å². The van der Waals surface area contributed by atoms with Crippen LogP contribution in [0.5, 0.6) is 5.75 Å². The number of rotatable bonds is 8. The van der Waals surface area contributed by atoms with Gasteiger partial charge < -0.3 is 14.6 Å². The molecule has 1 N–H and O–H groups in total. The SMILES string of the molecule is CCn1c(SCC(=O)c2ccc(NC(C)=O)cc2)nnc1-c1ccc(OC)cc1. The predicted octanol–water partition coefficient (Wildman–Crippen LogP) is 3.91. The van der Waals surface area contributed by atoms with E-state index in [4.69, 9.17) is 4.74 Å². The van der Waals surface area contributed by atoms with Crippen LogP contribution in [0.25, 0.3) is 11.4 Å². The van der Waals surface area contributed by atoms with Crippen LogP contribution in [0, 0.1) is 0 Å². The molecule has 150 valence electrons. The lowest BCUT2D eigenvalue weighted by atomic mass is 10.1. The first kappa shape index (κ1) is 20.6. The molecule has 0 radical (unpaired) electrons. The lowest BCUT2D eigenvalue weighted by Gasteiger charge is -2.08. The zero-order valence-electron chi connectivity index (χ0n) is 16.5. The van der Waals surface area contributed by atoms with Gasteiger partial charge >= 0.3 is 0 Å². The molecule has 3 aromatic rings. The van der Waals surface area contributed by atoms with Gasteiger partial charge in [-0.3, -0.25) is 9.59 Å². The summed E-state index contributed by atoms with van der Waals surface area (Å²) in [6, 6.07) is 14.5. The first-order valence-corrected chi connectivity index (χ1v) is 10.1. The van der Waals surface area contributed by atoms with Crippen molar-refractivity contribution < 1.29 is 14.3 Å². The number of ketones is 1.